The Labute approximate surface area is 175 Å². The third kappa shape index (κ3) is 3.51. The van der Waals surface area contributed by atoms with Crippen molar-refractivity contribution < 1.29 is 19.1 Å². The molecule has 1 aliphatic carbocycles. The number of ether oxygens (including phenoxy) is 2. The molecule has 0 spiro atoms. The van der Waals surface area contributed by atoms with Gasteiger partial charge in [-0.05, 0) is 37.8 Å². The SMILES string of the molecule is CCNC(=O)c1nn(CC2CC2)c2c1CN(C(=O)C1COc3ccccc3O1)CC2. The van der Waals surface area contributed by atoms with Crippen LogP contribution in [0.1, 0.15) is 41.5 Å². The molecule has 30 heavy (non-hydrogen) atoms. The van der Waals surface area contributed by atoms with Crippen molar-refractivity contribution >= 4 is 11.8 Å². The van der Waals surface area contributed by atoms with Crippen LogP contribution in [0, 0.1) is 5.92 Å². The highest BCUT2D eigenvalue weighted by atomic mass is 16.6. The Morgan fingerprint density at radius 3 is 2.80 bits per heavy atom. The normalized spacial score (nSPS) is 19.9. The third-order valence-corrected chi connectivity index (χ3v) is 5.91. The van der Waals surface area contributed by atoms with Crippen LogP contribution in [-0.4, -0.2) is 52.3 Å². The standard InChI is InChI=1S/C22H26N4O4/c1-2-23-21(27)20-15-12-25(10-9-16(15)26(24-20)11-14-7-8-14)22(28)19-13-29-17-5-3-4-6-18(17)30-19/h3-6,14,19H,2,7-13H2,1H3,(H,23,27). The molecule has 1 aromatic heterocycles. The van der Waals surface area contributed by atoms with Crippen LogP contribution in [-0.2, 0) is 24.3 Å². The Balaban J connectivity index is 1.36. The second-order valence-corrected chi connectivity index (χ2v) is 8.13. The minimum Gasteiger partial charge on any atom is -0.485 e. The average Bonchev–Trinajstić information content (AvgIpc) is 3.52. The number of hydrogen-bond acceptors (Lipinski definition) is 5. The van der Waals surface area contributed by atoms with Gasteiger partial charge in [-0.15, -0.1) is 0 Å². The number of amides is 2. The van der Waals surface area contributed by atoms with Gasteiger partial charge in [0.1, 0.15) is 6.61 Å². The fourth-order valence-corrected chi connectivity index (χ4v) is 4.15. The molecule has 2 aromatic rings. The van der Waals surface area contributed by atoms with Gasteiger partial charge in [0.25, 0.3) is 11.8 Å². The summed E-state index contributed by atoms with van der Waals surface area (Å²) in [5.41, 5.74) is 2.38. The zero-order valence-corrected chi connectivity index (χ0v) is 17.1. The molecule has 0 radical (unpaired) electrons. The van der Waals surface area contributed by atoms with E-state index in [2.05, 4.69) is 10.4 Å². The molecule has 0 bridgehead atoms. The van der Waals surface area contributed by atoms with E-state index in [0.29, 0.717) is 49.2 Å². The fourth-order valence-electron chi connectivity index (χ4n) is 4.15. The first-order chi connectivity index (χ1) is 14.6. The van der Waals surface area contributed by atoms with E-state index < -0.39 is 6.10 Å². The maximum absolute atomic E-state index is 13.2. The fraction of sp³-hybridized carbons (Fsp3) is 0.500. The number of rotatable bonds is 5. The van der Waals surface area contributed by atoms with E-state index in [-0.39, 0.29) is 18.4 Å². The molecule has 3 heterocycles. The van der Waals surface area contributed by atoms with E-state index in [1.165, 1.54) is 12.8 Å². The van der Waals surface area contributed by atoms with Crippen molar-refractivity contribution in [2.24, 2.45) is 5.92 Å². The summed E-state index contributed by atoms with van der Waals surface area (Å²) in [5, 5.41) is 7.49. The van der Waals surface area contributed by atoms with Gasteiger partial charge in [-0.25, -0.2) is 0 Å². The van der Waals surface area contributed by atoms with Gasteiger partial charge in [-0.3, -0.25) is 14.3 Å². The number of hydrogen-bond donors (Lipinski definition) is 1. The van der Waals surface area contributed by atoms with E-state index >= 15 is 0 Å². The van der Waals surface area contributed by atoms with E-state index in [9.17, 15) is 9.59 Å². The van der Waals surface area contributed by atoms with Crippen LogP contribution in [0.4, 0.5) is 0 Å². The summed E-state index contributed by atoms with van der Waals surface area (Å²) >= 11 is 0. The van der Waals surface area contributed by atoms with Gasteiger partial charge in [-0.2, -0.15) is 5.10 Å². The Hall–Kier alpha value is -3.03. The molecule has 1 saturated carbocycles. The predicted molar refractivity (Wildman–Crippen MR) is 108 cm³/mol. The number of nitrogens with one attached hydrogen (secondary N) is 1. The van der Waals surface area contributed by atoms with Crippen molar-refractivity contribution in [3.63, 3.8) is 0 Å². The Morgan fingerprint density at radius 2 is 2.03 bits per heavy atom. The lowest BCUT2D eigenvalue weighted by atomic mass is 10.0. The number of aromatic nitrogens is 2. The molecule has 1 aromatic carbocycles. The van der Waals surface area contributed by atoms with Gasteiger partial charge < -0.3 is 19.7 Å². The summed E-state index contributed by atoms with van der Waals surface area (Å²) in [5.74, 6) is 1.60. The van der Waals surface area contributed by atoms with E-state index in [4.69, 9.17) is 9.47 Å². The van der Waals surface area contributed by atoms with E-state index in [1.807, 2.05) is 29.8 Å². The average molecular weight is 410 g/mol. The molecule has 8 nitrogen and oxygen atoms in total. The maximum Gasteiger partial charge on any atom is 0.272 e. The number of para-hydroxylation sites is 2. The van der Waals surface area contributed by atoms with E-state index in [0.717, 1.165) is 17.8 Å². The van der Waals surface area contributed by atoms with Gasteiger partial charge in [0.15, 0.2) is 17.2 Å². The maximum atomic E-state index is 13.2. The first kappa shape index (κ1) is 19.0. The molecule has 2 amide bonds. The molecular weight excluding hydrogens is 384 g/mol. The second-order valence-electron chi connectivity index (χ2n) is 8.13. The number of benzene rings is 1. The van der Waals surface area contributed by atoms with Crippen LogP contribution in [0.5, 0.6) is 11.5 Å². The van der Waals surface area contributed by atoms with Crippen molar-refractivity contribution in [1.82, 2.24) is 20.0 Å². The Kier molecular flexibility index (Phi) is 4.84. The van der Waals surface area contributed by atoms with Crippen molar-refractivity contribution in [3.05, 3.63) is 41.2 Å². The van der Waals surface area contributed by atoms with Crippen molar-refractivity contribution in [3.8, 4) is 11.5 Å². The van der Waals surface area contributed by atoms with Crippen LogP contribution in [0.15, 0.2) is 24.3 Å². The molecular formula is C22H26N4O4. The number of carbonyl (C=O) groups is 2. The van der Waals surface area contributed by atoms with Gasteiger partial charge in [0, 0.05) is 43.9 Å². The first-order valence-corrected chi connectivity index (χ1v) is 10.7. The smallest absolute Gasteiger partial charge is 0.272 e. The summed E-state index contributed by atoms with van der Waals surface area (Å²) in [4.78, 5) is 27.5. The molecule has 1 N–H and O–H groups in total. The minimum atomic E-state index is -0.684. The monoisotopic (exact) mass is 410 g/mol. The molecule has 0 saturated heterocycles. The summed E-state index contributed by atoms with van der Waals surface area (Å²) in [6.45, 7) is 4.42. The van der Waals surface area contributed by atoms with Crippen LogP contribution in [0.2, 0.25) is 0 Å². The molecule has 1 fully saturated rings. The topological polar surface area (TPSA) is 85.7 Å². The summed E-state index contributed by atoms with van der Waals surface area (Å²) in [6.07, 6.45) is 2.44. The summed E-state index contributed by atoms with van der Waals surface area (Å²) in [7, 11) is 0. The molecule has 3 aliphatic rings. The molecule has 1 unspecified atom stereocenters. The second kappa shape index (κ2) is 7.66. The lowest BCUT2D eigenvalue weighted by Gasteiger charge is -2.33. The van der Waals surface area contributed by atoms with Crippen LogP contribution in [0.25, 0.3) is 0 Å². The number of fused-ring (bicyclic) bond motifs is 2. The van der Waals surface area contributed by atoms with Crippen LogP contribution < -0.4 is 14.8 Å². The predicted octanol–water partition coefficient (Wildman–Crippen LogP) is 1.77. The van der Waals surface area contributed by atoms with E-state index in [1.54, 1.807) is 11.0 Å². The summed E-state index contributed by atoms with van der Waals surface area (Å²) < 4.78 is 13.6. The largest absolute Gasteiger partial charge is 0.485 e. The highest BCUT2D eigenvalue weighted by Crippen LogP contribution is 2.34. The molecule has 5 rings (SSSR count). The van der Waals surface area contributed by atoms with Gasteiger partial charge in [0.2, 0.25) is 6.10 Å². The van der Waals surface area contributed by atoms with Gasteiger partial charge in [0.05, 0.1) is 0 Å². The Morgan fingerprint density at radius 1 is 1.23 bits per heavy atom. The minimum absolute atomic E-state index is 0.119. The molecule has 8 heteroatoms. The zero-order chi connectivity index (χ0) is 20.7. The molecule has 2 aliphatic heterocycles. The Bertz CT molecular complexity index is 982. The van der Waals surface area contributed by atoms with Crippen molar-refractivity contribution in [2.45, 2.75) is 45.4 Å². The highest BCUT2D eigenvalue weighted by Gasteiger charge is 2.36. The van der Waals surface area contributed by atoms with Gasteiger partial charge >= 0.3 is 0 Å². The summed E-state index contributed by atoms with van der Waals surface area (Å²) in [6, 6.07) is 7.36. The molecule has 158 valence electrons. The lowest BCUT2D eigenvalue weighted by Crippen LogP contribution is -2.48. The third-order valence-electron chi connectivity index (χ3n) is 5.91. The highest BCUT2D eigenvalue weighted by molar-refractivity contribution is 5.94. The zero-order valence-electron chi connectivity index (χ0n) is 17.1. The lowest BCUT2D eigenvalue weighted by molar-refractivity contribution is -0.142. The van der Waals surface area contributed by atoms with Gasteiger partial charge in [-0.1, -0.05) is 12.1 Å². The first-order valence-electron chi connectivity index (χ1n) is 10.7. The quantitative estimate of drug-likeness (QED) is 0.812. The van der Waals surface area contributed by atoms with Crippen molar-refractivity contribution in [2.75, 3.05) is 19.7 Å². The molecule has 1 atom stereocenters. The van der Waals surface area contributed by atoms with Crippen LogP contribution >= 0.6 is 0 Å². The van der Waals surface area contributed by atoms with Crippen molar-refractivity contribution in [1.29, 1.82) is 0 Å². The number of carbonyl (C=O) groups excluding carboxylic acids is 2. The van der Waals surface area contributed by atoms with Crippen LogP contribution in [0.3, 0.4) is 0 Å². The number of nitrogens with zero attached hydrogens (tertiary/aromatic N) is 3.